The zero-order valence-corrected chi connectivity index (χ0v) is 14.7. The Hall–Kier alpha value is -1.75. The number of halogens is 1. The Morgan fingerprint density at radius 1 is 1.55 bits per heavy atom. The Morgan fingerprint density at radius 2 is 2.23 bits per heavy atom. The standard InChI is InChI=1S/C13H12IN3O4S/c1-3-21-13(18)11-6(2)16-12(22-11)7-4-8(14)10(15)9(5-7)17(19)20/h4-5H,3,15H2,1-2H3. The number of nitrogens with zero attached hydrogens (tertiary/aromatic N) is 2. The monoisotopic (exact) mass is 433 g/mol. The van der Waals surface area contributed by atoms with Crippen molar-refractivity contribution in [3.8, 4) is 10.6 Å². The van der Waals surface area contributed by atoms with Crippen molar-refractivity contribution in [2.75, 3.05) is 12.3 Å². The van der Waals surface area contributed by atoms with Crippen LogP contribution in [0.5, 0.6) is 0 Å². The topological polar surface area (TPSA) is 108 Å². The van der Waals surface area contributed by atoms with Gasteiger partial charge in [0.2, 0.25) is 0 Å². The molecule has 0 aliphatic rings. The average molecular weight is 433 g/mol. The molecule has 0 aliphatic carbocycles. The number of thiazole rings is 1. The summed E-state index contributed by atoms with van der Waals surface area (Å²) in [5, 5.41) is 11.6. The predicted octanol–water partition coefficient (Wildman–Crippen LogP) is 3.39. The Kier molecular flexibility index (Phi) is 4.96. The molecule has 0 saturated heterocycles. The molecule has 9 heteroatoms. The molecule has 0 bridgehead atoms. The van der Waals surface area contributed by atoms with Gasteiger partial charge in [-0.3, -0.25) is 10.1 Å². The number of nitrogens with two attached hydrogens (primary N) is 1. The Labute approximate surface area is 143 Å². The van der Waals surface area contributed by atoms with Crippen molar-refractivity contribution >= 4 is 51.3 Å². The van der Waals surface area contributed by atoms with Gasteiger partial charge < -0.3 is 10.5 Å². The maximum Gasteiger partial charge on any atom is 0.350 e. The number of benzene rings is 1. The van der Waals surface area contributed by atoms with Gasteiger partial charge in [-0.25, -0.2) is 9.78 Å². The van der Waals surface area contributed by atoms with E-state index in [0.29, 0.717) is 24.7 Å². The smallest absolute Gasteiger partial charge is 0.350 e. The second-order valence-corrected chi connectivity index (χ2v) is 6.46. The van der Waals surface area contributed by atoms with Crippen LogP contribution >= 0.6 is 33.9 Å². The van der Waals surface area contributed by atoms with E-state index in [1.807, 2.05) is 22.6 Å². The number of nitrogen functional groups attached to an aromatic ring is 1. The molecule has 1 aromatic carbocycles. The van der Waals surface area contributed by atoms with Gasteiger partial charge in [-0.15, -0.1) is 11.3 Å². The number of hydrogen-bond donors (Lipinski definition) is 1. The summed E-state index contributed by atoms with van der Waals surface area (Å²) in [7, 11) is 0. The Balaban J connectivity index is 2.51. The summed E-state index contributed by atoms with van der Waals surface area (Å²) < 4.78 is 5.53. The first kappa shape index (κ1) is 16.6. The van der Waals surface area contributed by atoms with Crippen LogP contribution in [0, 0.1) is 20.6 Å². The highest BCUT2D eigenvalue weighted by atomic mass is 127. The summed E-state index contributed by atoms with van der Waals surface area (Å²) >= 11 is 3.08. The van der Waals surface area contributed by atoms with Gasteiger partial charge in [0.15, 0.2) is 0 Å². The number of hydrogen-bond acceptors (Lipinski definition) is 7. The molecule has 0 unspecified atom stereocenters. The summed E-state index contributed by atoms with van der Waals surface area (Å²) in [5.41, 5.74) is 6.74. The molecule has 116 valence electrons. The highest BCUT2D eigenvalue weighted by Gasteiger charge is 2.21. The molecule has 2 rings (SSSR count). The number of aryl methyl sites for hydroxylation is 1. The number of aromatic nitrogens is 1. The third kappa shape index (κ3) is 3.19. The van der Waals surface area contributed by atoms with Crippen molar-refractivity contribution in [2.45, 2.75) is 13.8 Å². The fraction of sp³-hybridized carbons (Fsp3) is 0.231. The van der Waals surface area contributed by atoms with Crippen molar-refractivity contribution in [1.29, 1.82) is 0 Å². The molecule has 1 heterocycles. The number of anilines is 1. The minimum Gasteiger partial charge on any atom is -0.462 e. The predicted molar refractivity (Wildman–Crippen MR) is 92.0 cm³/mol. The van der Waals surface area contributed by atoms with E-state index in [9.17, 15) is 14.9 Å². The van der Waals surface area contributed by atoms with Gasteiger partial charge in [-0.2, -0.15) is 0 Å². The second-order valence-electron chi connectivity index (χ2n) is 4.30. The molecule has 1 aromatic heterocycles. The Bertz CT molecular complexity index is 760. The molecule has 0 aliphatic heterocycles. The van der Waals surface area contributed by atoms with E-state index in [1.54, 1.807) is 19.9 Å². The van der Waals surface area contributed by atoms with E-state index in [4.69, 9.17) is 10.5 Å². The lowest BCUT2D eigenvalue weighted by atomic mass is 10.2. The van der Waals surface area contributed by atoms with Crippen LogP contribution in [0.4, 0.5) is 11.4 Å². The number of rotatable bonds is 4. The van der Waals surface area contributed by atoms with E-state index in [-0.39, 0.29) is 18.0 Å². The van der Waals surface area contributed by atoms with Crippen LogP contribution in [0.2, 0.25) is 0 Å². The quantitative estimate of drug-likeness (QED) is 0.260. The molecule has 0 radical (unpaired) electrons. The maximum absolute atomic E-state index is 11.8. The number of ether oxygens (including phenoxy) is 1. The van der Waals surface area contributed by atoms with Crippen LogP contribution in [-0.4, -0.2) is 22.5 Å². The number of carbonyl (C=O) groups excluding carboxylic acids is 1. The summed E-state index contributed by atoms with van der Waals surface area (Å²) in [5.74, 6) is -0.441. The lowest BCUT2D eigenvalue weighted by Gasteiger charge is -2.03. The van der Waals surface area contributed by atoms with Crippen molar-refractivity contribution in [3.63, 3.8) is 0 Å². The zero-order chi connectivity index (χ0) is 16.4. The van der Waals surface area contributed by atoms with Crippen LogP contribution in [0.3, 0.4) is 0 Å². The fourth-order valence-corrected chi connectivity index (χ4v) is 3.34. The van der Waals surface area contributed by atoms with Gasteiger partial charge in [0, 0.05) is 15.2 Å². The van der Waals surface area contributed by atoms with Gasteiger partial charge in [0.05, 0.1) is 17.2 Å². The van der Waals surface area contributed by atoms with Crippen molar-refractivity contribution < 1.29 is 14.5 Å². The number of nitro groups is 1. The molecule has 0 atom stereocenters. The second kappa shape index (κ2) is 6.57. The average Bonchev–Trinajstić information content (AvgIpc) is 2.83. The first-order valence-electron chi connectivity index (χ1n) is 6.23. The van der Waals surface area contributed by atoms with E-state index >= 15 is 0 Å². The number of esters is 1. The lowest BCUT2D eigenvalue weighted by Crippen LogP contribution is -2.03. The molecule has 0 saturated carbocycles. The van der Waals surface area contributed by atoms with Gasteiger partial charge in [0.25, 0.3) is 5.69 Å². The SMILES string of the molecule is CCOC(=O)c1sc(-c2cc(I)c(N)c([N+](=O)[O-])c2)nc1C. The molecular formula is C13H12IN3O4S. The highest BCUT2D eigenvalue weighted by molar-refractivity contribution is 14.1. The van der Waals surface area contributed by atoms with Crippen molar-refractivity contribution in [2.24, 2.45) is 0 Å². The Morgan fingerprint density at radius 3 is 2.82 bits per heavy atom. The van der Waals surface area contributed by atoms with Gasteiger partial charge >= 0.3 is 5.97 Å². The number of nitro benzene ring substituents is 1. The third-order valence-corrected chi connectivity index (χ3v) is 4.89. The molecule has 0 spiro atoms. The summed E-state index contributed by atoms with van der Waals surface area (Å²) in [6, 6.07) is 3.07. The fourth-order valence-electron chi connectivity index (χ4n) is 1.78. The lowest BCUT2D eigenvalue weighted by molar-refractivity contribution is -0.383. The normalized spacial score (nSPS) is 10.5. The minimum absolute atomic E-state index is 0.119. The first-order chi connectivity index (χ1) is 10.3. The molecule has 2 N–H and O–H groups in total. The van der Waals surface area contributed by atoms with E-state index in [0.717, 1.165) is 11.3 Å². The summed E-state index contributed by atoms with van der Waals surface area (Å²) in [4.78, 5) is 27.0. The molecular weight excluding hydrogens is 421 g/mol. The number of carbonyl (C=O) groups is 1. The molecule has 22 heavy (non-hydrogen) atoms. The minimum atomic E-state index is -0.534. The van der Waals surface area contributed by atoms with Gasteiger partial charge in [0.1, 0.15) is 15.6 Å². The van der Waals surface area contributed by atoms with Gasteiger partial charge in [-0.05, 0) is 42.5 Å². The summed E-state index contributed by atoms with van der Waals surface area (Å²) in [6.45, 7) is 3.69. The first-order valence-corrected chi connectivity index (χ1v) is 8.13. The van der Waals surface area contributed by atoms with Crippen LogP contribution < -0.4 is 5.73 Å². The largest absolute Gasteiger partial charge is 0.462 e. The highest BCUT2D eigenvalue weighted by Crippen LogP contribution is 2.35. The van der Waals surface area contributed by atoms with Crippen LogP contribution in [0.15, 0.2) is 12.1 Å². The van der Waals surface area contributed by atoms with Crippen molar-refractivity contribution in [3.05, 3.63) is 36.4 Å². The summed E-state index contributed by atoms with van der Waals surface area (Å²) in [6.07, 6.45) is 0. The zero-order valence-electron chi connectivity index (χ0n) is 11.8. The van der Waals surface area contributed by atoms with E-state index in [1.165, 1.54) is 6.07 Å². The molecule has 7 nitrogen and oxygen atoms in total. The third-order valence-electron chi connectivity index (χ3n) is 2.81. The van der Waals surface area contributed by atoms with E-state index < -0.39 is 10.9 Å². The maximum atomic E-state index is 11.8. The van der Waals surface area contributed by atoms with Crippen molar-refractivity contribution in [1.82, 2.24) is 4.98 Å². The van der Waals surface area contributed by atoms with Crippen LogP contribution in [0.25, 0.3) is 10.6 Å². The molecule has 2 aromatic rings. The van der Waals surface area contributed by atoms with Crippen LogP contribution in [0.1, 0.15) is 22.3 Å². The van der Waals surface area contributed by atoms with Gasteiger partial charge in [-0.1, -0.05) is 0 Å². The van der Waals surface area contributed by atoms with E-state index in [2.05, 4.69) is 4.98 Å². The molecule has 0 fully saturated rings. The molecule has 0 amide bonds. The van der Waals surface area contributed by atoms with Crippen LogP contribution in [-0.2, 0) is 4.74 Å².